The second-order valence-electron chi connectivity index (χ2n) is 10.2. The maximum Gasteiger partial charge on any atom is 0.416 e. The van der Waals surface area contributed by atoms with Gasteiger partial charge >= 0.3 is 6.18 Å². The maximum atomic E-state index is 13.2. The molecule has 2 aliphatic heterocycles. The van der Waals surface area contributed by atoms with Gasteiger partial charge < -0.3 is 9.69 Å². The summed E-state index contributed by atoms with van der Waals surface area (Å²) in [7, 11) is 0. The Balaban J connectivity index is 1.37. The van der Waals surface area contributed by atoms with E-state index in [0.29, 0.717) is 24.4 Å². The van der Waals surface area contributed by atoms with Crippen molar-refractivity contribution in [2.75, 3.05) is 26.2 Å². The zero-order chi connectivity index (χ0) is 25.2. The number of likely N-dealkylation sites (tertiary alicyclic amines) is 2. The molecule has 1 amide bonds. The Labute approximate surface area is 208 Å². The highest BCUT2D eigenvalue weighted by Gasteiger charge is 2.40. The highest BCUT2D eigenvalue weighted by molar-refractivity contribution is 7.09. The molecule has 2 fully saturated rings. The molecule has 190 valence electrons. The Morgan fingerprint density at radius 2 is 1.94 bits per heavy atom. The van der Waals surface area contributed by atoms with Crippen LogP contribution in [0.3, 0.4) is 0 Å². The first-order valence-corrected chi connectivity index (χ1v) is 13.1. The number of hydrogen-bond acceptors (Lipinski definition) is 5. The van der Waals surface area contributed by atoms with Crippen molar-refractivity contribution in [3.8, 4) is 0 Å². The van der Waals surface area contributed by atoms with E-state index in [2.05, 4.69) is 23.7 Å². The lowest BCUT2D eigenvalue weighted by atomic mass is 9.72. The third-order valence-electron chi connectivity index (χ3n) is 7.28. The molecule has 2 aromatic rings. The second-order valence-corrected chi connectivity index (χ2v) is 11.1. The number of rotatable bonds is 6. The van der Waals surface area contributed by atoms with E-state index < -0.39 is 11.7 Å². The first-order chi connectivity index (χ1) is 16.6. The van der Waals surface area contributed by atoms with Crippen molar-refractivity contribution < 1.29 is 22.8 Å². The van der Waals surface area contributed by atoms with Crippen molar-refractivity contribution in [1.82, 2.24) is 14.8 Å². The van der Waals surface area contributed by atoms with Gasteiger partial charge in [-0.05, 0) is 61.4 Å². The highest BCUT2D eigenvalue weighted by atomic mass is 32.1. The van der Waals surface area contributed by atoms with E-state index in [1.54, 1.807) is 0 Å². The van der Waals surface area contributed by atoms with Gasteiger partial charge in [-0.15, -0.1) is 11.3 Å². The predicted octanol–water partition coefficient (Wildman–Crippen LogP) is 5.55. The van der Waals surface area contributed by atoms with E-state index in [-0.39, 0.29) is 23.3 Å². The molecular weight excluding hydrogens is 475 g/mol. The van der Waals surface area contributed by atoms with Crippen LogP contribution in [0.1, 0.15) is 77.6 Å². The summed E-state index contributed by atoms with van der Waals surface area (Å²) in [6, 6.07) is 4.12. The van der Waals surface area contributed by atoms with Crippen molar-refractivity contribution in [1.29, 1.82) is 0 Å². The van der Waals surface area contributed by atoms with Crippen LogP contribution >= 0.6 is 11.3 Å². The van der Waals surface area contributed by atoms with Gasteiger partial charge in [-0.2, -0.15) is 13.2 Å². The predicted molar refractivity (Wildman–Crippen MR) is 129 cm³/mol. The van der Waals surface area contributed by atoms with Crippen molar-refractivity contribution in [3.63, 3.8) is 0 Å². The number of carbonyl (C=O) groups excluding carboxylic acids is 2. The number of hydrogen-bond donors (Lipinski definition) is 0. The molecule has 0 saturated carbocycles. The van der Waals surface area contributed by atoms with Crippen LogP contribution in [0.25, 0.3) is 0 Å². The lowest BCUT2D eigenvalue weighted by Crippen LogP contribution is -2.51. The van der Waals surface area contributed by atoms with Gasteiger partial charge in [0.1, 0.15) is 12.0 Å². The third kappa shape index (κ3) is 5.94. The number of nitrogens with zero attached hydrogens (tertiary/aromatic N) is 3. The molecule has 0 radical (unpaired) electrons. The molecule has 1 spiro atoms. The van der Waals surface area contributed by atoms with E-state index >= 15 is 0 Å². The Hall–Kier alpha value is -2.26. The third-order valence-corrected chi connectivity index (χ3v) is 8.43. The molecule has 5 nitrogen and oxygen atoms in total. The van der Waals surface area contributed by atoms with Crippen LogP contribution < -0.4 is 0 Å². The van der Waals surface area contributed by atoms with Gasteiger partial charge in [0.05, 0.1) is 10.6 Å². The SMILES string of the molecule is CC(C)c1nc(C(=O)N2CCCC3(CCN(Cc4ccc(C(F)(F)F)c(CC=O)c4)CC3)C2)cs1. The molecular formula is C26H32F3N3O2S. The Morgan fingerprint density at radius 1 is 1.20 bits per heavy atom. The van der Waals surface area contributed by atoms with Crippen molar-refractivity contribution in [2.45, 2.75) is 64.6 Å². The number of amides is 1. The molecule has 3 heterocycles. The summed E-state index contributed by atoms with van der Waals surface area (Å²) in [4.78, 5) is 32.8. The summed E-state index contributed by atoms with van der Waals surface area (Å²) >= 11 is 1.54. The summed E-state index contributed by atoms with van der Waals surface area (Å²) < 4.78 is 39.7. The number of alkyl halides is 3. The minimum atomic E-state index is -4.46. The average molecular weight is 508 g/mol. The number of carbonyl (C=O) groups is 2. The molecule has 9 heteroatoms. The van der Waals surface area contributed by atoms with Crippen LogP contribution in [0.5, 0.6) is 0 Å². The number of benzene rings is 1. The summed E-state index contributed by atoms with van der Waals surface area (Å²) in [5, 5.41) is 2.85. The smallest absolute Gasteiger partial charge is 0.337 e. The molecule has 0 unspecified atom stereocenters. The molecule has 2 aliphatic rings. The zero-order valence-electron chi connectivity index (χ0n) is 20.2. The van der Waals surface area contributed by atoms with Crippen LogP contribution in [0.2, 0.25) is 0 Å². The van der Waals surface area contributed by atoms with Crippen LogP contribution in [0.15, 0.2) is 23.6 Å². The first kappa shape index (κ1) is 25.8. The number of piperidine rings is 2. The van der Waals surface area contributed by atoms with Crippen molar-refractivity contribution in [2.24, 2.45) is 5.41 Å². The number of thiazole rings is 1. The average Bonchev–Trinajstić information content (AvgIpc) is 3.31. The molecule has 0 bridgehead atoms. The van der Waals surface area contributed by atoms with E-state index in [1.807, 2.05) is 10.3 Å². The summed E-state index contributed by atoms with van der Waals surface area (Å²) in [6.07, 6.45) is -0.228. The van der Waals surface area contributed by atoms with Gasteiger partial charge in [-0.3, -0.25) is 9.69 Å². The molecule has 1 aromatic carbocycles. The Kier molecular flexibility index (Phi) is 7.66. The fourth-order valence-electron chi connectivity index (χ4n) is 5.33. The minimum absolute atomic E-state index is 0.0158. The second kappa shape index (κ2) is 10.4. The van der Waals surface area contributed by atoms with E-state index in [1.165, 1.54) is 23.5 Å². The van der Waals surface area contributed by atoms with Gasteiger partial charge in [-0.25, -0.2) is 4.98 Å². The molecule has 0 aliphatic carbocycles. The highest BCUT2D eigenvalue weighted by Crippen LogP contribution is 2.41. The molecule has 0 N–H and O–H groups in total. The fraction of sp³-hybridized carbons (Fsp3) is 0.577. The molecule has 4 rings (SSSR count). The Morgan fingerprint density at radius 3 is 2.57 bits per heavy atom. The van der Waals surface area contributed by atoms with Gasteiger partial charge in [0, 0.05) is 37.4 Å². The zero-order valence-corrected chi connectivity index (χ0v) is 21.1. The molecule has 0 atom stereocenters. The monoisotopic (exact) mass is 507 g/mol. The molecule has 2 saturated heterocycles. The molecule has 1 aromatic heterocycles. The largest absolute Gasteiger partial charge is 0.416 e. The van der Waals surface area contributed by atoms with Crippen LogP contribution in [0.4, 0.5) is 13.2 Å². The topological polar surface area (TPSA) is 53.5 Å². The van der Waals surface area contributed by atoms with Crippen molar-refractivity contribution >= 4 is 23.5 Å². The normalized spacial score (nSPS) is 18.9. The van der Waals surface area contributed by atoms with Crippen LogP contribution in [-0.4, -0.2) is 53.2 Å². The number of halogens is 3. The minimum Gasteiger partial charge on any atom is -0.337 e. The summed E-state index contributed by atoms with van der Waals surface area (Å²) in [5.41, 5.74) is 0.711. The summed E-state index contributed by atoms with van der Waals surface area (Å²) in [6.45, 7) is 7.86. The lowest BCUT2D eigenvalue weighted by Gasteiger charge is -2.47. The van der Waals surface area contributed by atoms with Gasteiger partial charge in [0.2, 0.25) is 0 Å². The quantitative estimate of drug-likeness (QED) is 0.482. The van der Waals surface area contributed by atoms with Crippen molar-refractivity contribution in [3.05, 3.63) is 51.0 Å². The maximum absolute atomic E-state index is 13.2. The van der Waals surface area contributed by atoms with Gasteiger partial charge in [0.15, 0.2) is 0 Å². The fourth-order valence-corrected chi connectivity index (χ4v) is 6.14. The van der Waals surface area contributed by atoms with Crippen LogP contribution in [-0.2, 0) is 23.9 Å². The number of aldehydes is 1. The first-order valence-electron chi connectivity index (χ1n) is 12.2. The van der Waals surface area contributed by atoms with Crippen LogP contribution in [0, 0.1) is 5.41 Å². The van der Waals surface area contributed by atoms with E-state index in [9.17, 15) is 22.8 Å². The lowest BCUT2D eigenvalue weighted by molar-refractivity contribution is -0.138. The van der Waals surface area contributed by atoms with E-state index in [4.69, 9.17) is 0 Å². The van der Waals surface area contributed by atoms with Gasteiger partial charge in [-0.1, -0.05) is 26.0 Å². The standard InChI is InChI=1S/C26H32F3N3O2S/c1-18(2)23-30-22(16-35-23)24(34)32-10-3-7-25(17-32)8-11-31(12-9-25)15-19-4-5-21(26(27,28)29)20(14-19)6-13-33/h4-5,13-14,16,18H,3,6-12,15,17H2,1-2H3. The van der Waals surface area contributed by atoms with Gasteiger partial charge in [0.25, 0.3) is 5.91 Å². The van der Waals surface area contributed by atoms with E-state index in [0.717, 1.165) is 68.5 Å². The summed E-state index contributed by atoms with van der Waals surface area (Å²) in [5.74, 6) is 0.319. The number of aromatic nitrogens is 1. The Bertz CT molecular complexity index is 1060. The molecule has 35 heavy (non-hydrogen) atoms.